The molecule has 0 amide bonds. The van der Waals surface area contributed by atoms with Crippen LogP contribution in [-0.2, 0) is 20.0 Å². The highest BCUT2D eigenvalue weighted by Crippen LogP contribution is 2.18. The van der Waals surface area contributed by atoms with Gasteiger partial charge in [0.15, 0.2) is 0 Å². The van der Waals surface area contributed by atoms with Crippen molar-refractivity contribution >= 4 is 20.0 Å². The molecule has 0 heterocycles. The molecular formula is C11H25N3O4S2. The Labute approximate surface area is 122 Å². The Balaban J connectivity index is 2.35. The van der Waals surface area contributed by atoms with E-state index in [-0.39, 0.29) is 12.3 Å². The highest BCUT2D eigenvalue weighted by atomic mass is 32.2. The SMILES string of the molecule is CN(CCCNC1CC1)S(=O)(=O)N(C)CCS(C)(=O)=O. The molecule has 9 heteroatoms. The van der Waals surface area contributed by atoms with E-state index in [2.05, 4.69) is 5.32 Å². The van der Waals surface area contributed by atoms with Gasteiger partial charge in [0.1, 0.15) is 9.84 Å². The molecule has 0 aliphatic heterocycles. The molecule has 1 fully saturated rings. The van der Waals surface area contributed by atoms with Crippen LogP contribution in [0.15, 0.2) is 0 Å². The van der Waals surface area contributed by atoms with E-state index in [0.717, 1.165) is 23.5 Å². The summed E-state index contributed by atoms with van der Waals surface area (Å²) in [5.74, 6) is -0.167. The van der Waals surface area contributed by atoms with Crippen LogP contribution < -0.4 is 5.32 Å². The molecule has 120 valence electrons. The van der Waals surface area contributed by atoms with E-state index < -0.39 is 20.0 Å². The average Bonchev–Trinajstić information content (AvgIpc) is 3.14. The Kier molecular flexibility index (Phi) is 6.39. The third-order valence-electron chi connectivity index (χ3n) is 3.22. The minimum Gasteiger partial charge on any atom is -0.314 e. The first kappa shape index (κ1) is 17.8. The Morgan fingerprint density at radius 3 is 2.10 bits per heavy atom. The third kappa shape index (κ3) is 6.49. The van der Waals surface area contributed by atoms with Gasteiger partial charge >= 0.3 is 0 Å². The van der Waals surface area contributed by atoms with E-state index in [1.54, 1.807) is 0 Å². The summed E-state index contributed by atoms with van der Waals surface area (Å²) in [6.45, 7) is 1.20. The maximum absolute atomic E-state index is 12.1. The zero-order valence-corrected chi connectivity index (χ0v) is 14.0. The maximum Gasteiger partial charge on any atom is 0.281 e. The lowest BCUT2D eigenvalue weighted by atomic mass is 10.4. The molecule has 0 saturated heterocycles. The van der Waals surface area contributed by atoms with Crippen LogP contribution in [-0.4, -0.2) is 77.2 Å². The van der Waals surface area contributed by atoms with E-state index in [4.69, 9.17) is 0 Å². The van der Waals surface area contributed by atoms with Gasteiger partial charge in [0.2, 0.25) is 0 Å². The fraction of sp³-hybridized carbons (Fsp3) is 1.00. The van der Waals surface area contributed by atoms with E-state index in [9.17, 15) is 16.8 Å². The van der Waals surface area contributed by atoms with Gasteiger partial charge in [-0.25, -0.2) is 8.42 Å². The van der Waals surface area contributed by atoms with Crippen molar-refractivity contribution < 1.29 is 16.8 Å². The summed E-state index contributed by atoms with van der Waals surface area (Å²) in [7, 11) is -3.82. The predicted molar refractivity (Wildman–Crippen MR) is 79.5 cm³/mol. The predicted octanol–water partition coefficient (Wildman–Crippen LogP) is -0.718. The van der Waals surface area contributed by atoms with Crippen LogP contribution in [0.3, 0.4) is 0 Å². The highest BCUT2D eigenvalue weighted by Gasteiger charge is 2.24. The van der Waals surface area contributed by atoms with Crippen LogP contribution in [0.4, 0.5) is 0 Å². The molecule has 0 bridgehead atoms. The lowest BCUT2D eigenvalue weighted by Gasteiger charge is -2.24. The first-order chi connectivity index (χ1) is 9.13. The van der Waals surface area contributed by atoms with E-state index in [1.165, 1.54) is 31.2 Å². The Morgan fingerprint density at radius 1 is 1.05 bits per heavy atom. The highest BCUT2D eigenvalue weighted by molar-refractivity contribution is 7.90. The van der Waals surface area contributed by atoms with Crippen LogP contribution in [0.5, 0.6) is 0 Å². The summed E-state index contributed by atoms with van der Waals surface area (Å²) in [6, 6.07) is 0.620. The first-order valence-corrected chi connectivity index (χ1v) is 10.2. The standard InChI is InChI=1S/C11H25N3O4S2/c1-13(8-4-7-12-11-5-6-11)20(17,18)14(2)9-10-19(3,15)16/h11-12H,4-10H2,1-3H3. The van der Waals surface area contributed by atoms with Gasteiger partial charge in [0.05, 0.1) is 5.75 Å². The van der Waals surface area contributed by atoms with Gasteiger partial charge in [-0.3, -0.25) is 0 Å². The van der Waals surface area contributed by atoms with E-state index >= 15 is 0 Å². The fourth-order valence-electron chi connectivity index (χ4n) is 1.66. The van der Waals surface area contributed by atoms with Crippen molar-refractivity contribution in [3.8, 4) is 0 Å². The quantitative estimate of drug-likeness (QED) is 0.535. The molecule has 1 aliphatic carbocycles. The second kappa shape index (κ2) is 7.17. The summed E-state index contributed by atoms with van der Waals surface area (Å²) < 4.78 is 48.7. The molecule has 0 radical (unpaired) electrons. The van der Waals surface area contributed by atoms with Crippen LogP contribution >= 0.6 is 0 Å². The molecule has 1 rings (SSSR count). The number of hydrogen-bond acceptors (Lipinski definition) is 5. The number of nitrogens with one attached hydrogen (secondary N) is 1. The smallest absolute Gasteiger partial charge is 0.281 e. The summed E-state index contributed by atoms with van der Waals surface area (Å²) in [6.07, 6.45) is 4.26. The van der Waals surface area contributed by atoms with Gasteiger partial charge < -0.3 is 5.32 Å². The average molecular weight is 327 g/mol. The van der Waals surface area contributed by atoms with Gasteiger partial charge in [-0.2, -0.15) is 17.0 Å². The maximum atomic E-state index is 12.1. The normalized spacial score (nSPS) is 17.1. The van der Waals surface area contributed by atoms with Crippen LogP contribution in [0.2, 0.25) is 0 Å². The van der Waals surface area contributed by atoms with Crippen LogP contribution in [0.25, 0.3) is 0 Å². The largest absolute Gasteiger partial charge is 0.314 e. The molecule has 0 spiro atoms. The Morgan fingerprint density at radius 2 is 1.60 bits per heavy atom. The summed E-state index contributed by atoms with van der Waals surface area (Å²) >= 11 is 0. The first-order valence-electron chi connectivity index (χ1n) is 6.71. The zero-order valence-electron chi connectivity index (χ0n) is 12.4. The Bertz CT molecular complexity index is 500. The van der Waals surface area contributed by atoms with Crippen molar-refractivity contribution in [3.05, 3.63) is 0 Å². The van der Waals surface area contributed by atoms with Gasteiger partial charge in [-0.1, -0.05) is 0 Å². The number of rotatable bonds is 10. The van der Waals surface area contributed by atoms with Crippen molar-refractivity contribution in [2.75, 3.05) is 45.7 Å². The molecule has 1 saturated carbocycles. The van der Waals surface area contributed by atoms with Crippen LogP contribution in [0.1, 0.15) is 19.3 Å². The molecule has 0 atom stereocenters. The summed E-state index contributed by atoms with van der Waals surface area (Å²) in [5.41, 5.74) is 0. The topological polar surface area (TPSA) is 86.8 Å². The van der Waals surface area contributed by atoms with Crippen molar-refractivity contribution in [3.63, 3.8) is 0 Å². The van der Waals surface area contributed by atoms with Crippen molar-refractivity contribution in [2.24, 2.45) is 0 Å². The van der Waals surface area contributed by atoms with E-state index in [0.29, 0.717) is 12.6 Å². The molecule has 0 unspecified atom stereocenters. The third-order valence-corrected chi connectivity index (χ3v) is 6.09. The number of hydrogen-bond donors (Lipinski definition) is 1. The second-order valence-corrected chi connectivity index (χ2v) is 9.76. The van der Waals surface area contributed by atoms with Gasteiger partial charge in [0.25, 0.3) is 10.2 Å². The number of sulfone groups is 1. The number of nitrogens with zero attached hydrogens (tertiary/aromatic N) is 2. The monoisotopic (exact) mass is 327 g/mol. The molecular weight excluding hydrogens is 302 g/mol. The zero-order chi connectivity index (χ0) is 15.4. The van der Waals surface area contributed by atoms with Crippen molar-refractivity contribution in [2.45, 2.75) is 25.3 Å². The summed E-state index contributed by atoms with van der Waals surface area (Å²) in [5, 5.41) is 3.32. The Hall–Kier alpha value is -0.220. The van der Waals surface area contributed by atoms with Gasteiger partial charge in [-0.05, 0) is 25.8 Å². The molecule has 1 N–H and O–H groups in total. The molecule has 0 aromatic carbocycles. The molecule has 0 aromatic heterocycles. The molecule has 0 aromatic rings. The van der Waals surface area contributed by atoms with E-state index in [1.807, 2.05) is 0 Å². The fourth-order valence-corrected chi connectivity index (χ4v) is 3.54. The lowest BCUT2D eigenvalue weighted by molar-refractivity contribution is 0.394. The van der Waals surface area contributed by atoms with Crippen molar-refractivity contribution in [1.82, 2.24) is 13.9 Å². The molecule has 1 aliphatic rings. The van der Waals surface area contributed by atoms with Gasteiger partial charge in [-0.15, -0.1) is 0 Å². The van der Waals surface area contributed by atoms with Crippen molar-refractivity contribution in [1.29, 1.82) is 0 Å². The lowest BCUT2D eigenvalue weighted by Crippen LogP contribution is -2.42. The minimum atomic E-state index is -3.57. The minimum absolute atomic E-state index is 0.0220. The summed E-state index contributed by atoms with van der Waals surface area (Å²) in [4.78, 5) is 0. The van der Waals surface area contributed by atoms with Crippen LogP contribution in [0, 0.1) is 0 Å². The molecule has 20 heavy (non-hydrogen) atoms. The van der Waals surface area contributed by atoms with Gasteiger partial charge in [0, 0.05) is 39.5 Å². The molecule has 7 nitrogen and oxygen atoms in total. The second-order valence-electron chi connectivity index (χ2n) is 5.36.